The van der Waals surface area contributed by atoms with E-state index in [4.69, 9.17) is 4.42 Å². The molecule has 10 aromatic carbocycles. The number of aryl methyl sites for hydroxylation is 1. The molecule has 1 heterocycles. The van der Waals surface area contributed by atoms with Gasteiger partial charge in [0.1, 0.15) is 11.2 Å². The highest BCUT2D eigenvalue weighted by molar-refractivity contribution is 6.22. The van der Waals surface area contributed by atoms with Crippen molar-refractivity contribution in [1.29, 1.82) is 0 Å². The Balaban J connectivity index is 1.15. The summed E-state index contributed by atoms with van der Waals surface area (Å²) in [5.74, 6) is 0. The molecule has 11 rings (SSSR count). The van der Waals surface area contributed by atoms with Gasteiger partial charge in [-0.05, 0) is 132 Å². The van der Waals surface area contributed by atoms with Crippen LogP contribution in [0, 0.1) is 13.8 Å². The fourth-order valence-corrected chi connectivity index (χ4v) is 9.35. The minimum absolute atomic E-state index is 0.906. The molecule has 0 aliphatic carbocycles. The molecule has 0 amide bonds. The zero-order valence-electron chi connectivity index (χ0n) is 31.9. The highest BCUT2D eigenvalue weighted by atomic mass is 16.3. The molecular formula is C56H38O. The molecule has 0 aliphatic heterocycles. The molecule has 0 fully saturated rings. The summed E-state index contributed by atoms with van der Waals surface area (Å²) in [5, 5.41) is 9.74. The predicted molar refractivity (Wildman–Crippen MR) is 243 cm³/mol. The van der Waals surface area contributed by atoms with Gasteiger partial charge in [0, 0.05) is 16.3 Å². The quantitative estimate of drug-likeness (QED) is 0.161. The van der Waals surface area contributed by atoms with Crippen molar-refractivity contribution in [1.82, 2.24) is 0 Å². The highest BCUT2D eigenvalue weighted by Crippen LogP contribution is 2.47. The summed E-state index contributed by atoms with van der Waals surface area (Å²) in [5.41, 5.74) is 16.4. The van der Waals surface area contributed by atoms with E-state index in [1.165, 1.54) is 88.0 Å². The zero-order valence-corrected chi connectivity index (χ0v) is 31.9. The number of benzene rings is 10. The maximum Gasteiger partial charge on any atom is 0.143 e. The van der Waals surface area contributed by atoms with Crippen LogP contribution in [0.1, 0.15) is 11.1 Å². The number of para-hydroxylation sites is 1. The summed E-state index contributed by atoms with van der Waals surface area (Å²) in [6.45, 7) is 4.45. The molecule has 0 saturated heterocycles. The molecule has 0 aliphatic rings. The molecule has 1 aromatic heterocycles. The van der Waals surface area contributed by atoms with Crippen molar-refractivity contribution in [3.63, 3.8) is 0 Å². The smallest absolute Gasteiger partial charge is 0.143 e. The van der Waals surface area contributed by atoms with Crippen LogP contribution in [-0.4, -0.2) is 0 Å². The van der Waals surface area contributed by atoms with Crippen LogP contribution in [0.3, 0.4) is 0 Å². The minimum atomic E-state index is 0.906. The Kier molecular flexibility index (Phi) is 7.69. The first-order valence-electron chi connectivity index (χ1n) is 19.8. The number of rotatable bonds is 5. The SMILES string of the molecule is Cc1ccccc1-c1cc2c(oc3ccccc32)c(-c2cccc(-c3c4ccccc4c(-c4cccc(-c5cccc6ccccc56)c4)c4ccccc34)c2)c1C. The molecular weight excluding hydrogens is 689 g/mol. The summed E-state index contributed by atoms with van der Waals surface area (Å²) in [6.07, 6.45) is 0. The molecule has 0 spiro atoms. The molecule has 57 heavy (non-hydrogen) atoms. The van der Waals surface area contributed by atoms with Crippen LogP contribution in [0.2, 0.25) is 0 Å². The van der Waals surface area contributed by atoms with E-state index in [1.807, 2.05) is 0 Å². The van der Waals surface area contributed by atoms with Crippen LogP contribution < -0.4 is 0 Å². The minimum Gasteiger partial charge on any atom is -0.455 e. The zero-order chi connectivity index (χ0) is 38.0. The monoisotopic (exact) mass is 726 g/mol. The van der Waals surface area contributed by atoms with Crippen molar-refractivity contribution in [2.75, 3.05) is 0 Å². The maximum absolute atomic E-state index is 6.76. The van der Waals surface area contributed by atoms with Gasteiger partial charge >= 0.3 is 0 Å². The van der Waals surface area contributed by atoms with Gasteiger partial charge in [-0.2, -0.15) is 0 Å². The number of hydrogen-bond donors (Lipinski definition) is 0. The lowest BCUT2D eigenvalue weighted by atomic mass is 9.84. The summed E-state index contributed by atoms with van der Waals surface area (Å²) < 4.78 is 6.76. The number of furan rings is 1. The van der Waals surface area contributed by atoms with Crippen LogP contribution in [0.15, 0.2) is 199 Å². The van der Waals surface area contributed by atoms with Crippen molar-refractivity contribution in [2.24, 2.45) is 0 Å². The van der Waals surface area contributed by atoms with Crippen molar-refractivity contribution >= 4 is 54.3 Å². The van der Waals surface area contributed by atoms with Crippen molar-refractivity contribution in [3.05, 3.63) is 205 Å². The first-order chi connectivity index (χ1) is 28.1. The maximum atomic E-state index is 6.76. The van der Waals surface area contributed by atoms with Crippen molar-refractivity contribution in [2.45, 2.75) is 13.8 Å². The Labute approximate surface area is 332 Å². The molecule has 0 N–H and O–H groups in total. The second-order valence-corrected chi connectivity index (χ2v) is 15.2. The normalized spacial score (nSPS) is 11.7. The summed E-state index contributed by atoms with van der Waals surface area (Å²) >= 11 is 0. The molecule has 268 valence electrons. The summed E-state index contributed by atoms with van der Waals surface area (Å²) in [6, 6.07) is 70.8. The van der Waals surface area contributed by atoms with Crippen LogP contribution in [0.25, 0.3) is 110 Å². The Morgan fingerprint density at radius 3 is 1.46 bits per heavy atom. The van der Waals surface area contributed by atoms with Gasteiger partial charge in [0.25, 0.3) is 0 Å². The lowest BCUT2D eigenvalue weighted by Crippen LogP contribution is -1.94. The van der Waals surface area contributed by atoms with Crippen LogP contribution in [-0.2, 0) is 0 Å². The first kappa shape index (κ1) is 33.1. The predicted octanol–water partition coefficient (Wildman–Crippen LogP) is 16.0. The van der Waals surface area contributed by atoms with E-state index < -0.39 is 0 Å². The van der Waals surface area contributed by atoms with E-state index in [0.29, 0.717) is 0 Å². The largest absolute Gasteiger partial charge is 0.455 e. The van der Waals surface area contributed by atoms with Gasteiger partial charge in [-0.25, -0.2) is 0 Å². The van der Waals surface area contributed by atoms with Gasteiger partial charge in [-0.1, -0.05) is 170 Å². The van der Waals surface area contributed by atoms with Crippen LogP contribution >= 0.6 is 0 Å². The van der Waals surface area contributed by atoms with Crippen molar-refractivity contribution < 1.29 is 4.42 Å². The fourth-order valence-electron chi connectivity index (χ4n) is 9.35. The molecule has 11 aromatic rings. The van der Waals surface area contributed by atoms with Crippen molar-refractivity contribution in [3.8, 4) is 55.6 Å². The number of hydrogen-bond acceptors (Lipinski definition) is 1. The number of fused-ring (bicyclic) bond motifs is 6. The summed E-state index contributed by atoms with van der Waals surface area (Å²) in [4.78, 5) is 0. The Hall–Kier alpha value is -7.22. The third kappa shape index (κ3) is 5.31. The molecule has 0 atom stereocenters. The van der Waals surface area contributed by atoms with E-state index in [9.17, 15) is 0 Å². The standard InChI is InChI=1S/C56H38O/c1-35-16-3-5-23-42(35)50-34-51-45-25-11-12-31-52(45)57-56(51)53(36(50)2)39-20-14-22-41(33-39)55-48-28-9-7-26-46(48)54(47-27-8-10-29-49(47)55)40-21-13-19-38(32-40)44-30-15-18-37-17-4-6-24-43(37)44/h3-34H,1-2H3. The van der Waals surface area contributed by atoms with E-state index in [2.05, 4.69) is 208 Å². The second kappa shape index (κ2) is 13.2. The van der Waals surface area contributed by atoms with Gasteiger partial charge in [0.15, 0.2) is 0 Å². The average Bonchev–Trinajstić information content (AvgIpc) is 3.63. The molecule has 1 nitrogen and oxygen atoms in total. The highest BCUT2D eigenvalue weighted by Gasteiger charge is 2.22. The molecule has 0 unspecified atom stereocenters. The van der Waals surface area contributed by atoms with Gasteiger partial charge in [0.05, 0.1) is 0 Å². The van der Waals surface area contributed by atoms with E-state index in [0.717, 1.165) is 33.1 Å². The van der Waals surface area contributed by atoms with Gasteiger partial charge < -0.3 is 4.42 Å². The lowest BCUT2D eigenvalue weighted by molar-refractivity contribution is 0.669. The topological polar surface area (TPSA) is 13.1 Å². The van der Waals surface area contributed by atoms with E-state index in [-0.39, 0.29) is 0 Å². The Bertz CT molecular complexity index is 3320. The Morgan fingerprint density at radius 2 is 0.789 bits per heavy atom. The first-order valence-corrected chi connectivity index (χ1v) is 19.8. The third-order valence-corrected chi connectivity index (χ3v) is 12.0. The van der Waals surface area contributed by atoms with E-state index in [1.54, 1.807) is 0 Å². The van der Waals surface area contributed by atoms with E-state index >= 15 is 0 Å². The molecule has 0 saturated carbocycles. The lowest BCUT2D eigenvalue weighted by Gasteiger charge is -2.19. The second-order valence-electron chi connectivity index (χ2n) is 15.2. The van der Waals surface area contributed by atoms with Gasteiger partial charge in [-0.15, -0.1) is 0 Å². The Morgan fingerprint density at radius 1 is 0.316 bits per heavy atom. The van der Waals surface area contributed by atoms with Gasteiger partial charge in [-0.3, -0.25) is 0 Å². The molecule has 1 heteroatoms. The average molecular weight is 727 g/mol. The molecule has 0 radical (unpaired) electrons. The molecule has 0 bridgehead atoms. The fraction of sp³-hybridized carbons (Fsp3) is 0.0357. The van der Waals surface area contributed by atoms with Gasteiger partial charge in [0.2, 0.25) is 0 Å². The third-order valence-electron chi connectivity index (χ3n) is 12.0. The van der Waals surface area contributed by atoms with Crippen LogP contribution in [0.4, 0.5) is 0 Å². The van der Waals surface area contributed by atoms with Crippen LogP contribution in [0.5, 0.6) is 0 Å². The summed E-state index contributed by atoms with van der Waals surface area (Å²) in [7, 11) is 0.